The van der Waals surface area contributed by atoms with Crippen LogP contribution in [0.2, 0.25) is 10.0 Å². The van der Waals surface area contributed by atoms with Gasteiger partial charge in [-0.1, -0.05) is 44.0 Å². The van der Waals surface area contributed by atoms with E-state index in [4.69, 9.17) is 29.0 Å². The van der Waals surface area contributed by atoms with E-state index in [1.807, 2.05) is 18.2 Å². The van der Waals surface area contributed by atoms with Crippen LogP contribution in [-0.4, -0.2) is 0 Å². The molecule has 1 atom stereocenters. The molecule has 1 aromatic carbocycles. The Morgan fingerprint density at radius 3 is 2.29 bits per heavy atom. The summed E-state index contributed by atoms with van der Waals surface area (Å²) in [5, 5.41) is 1.44. The molecule has 0 saturated heterocycles. The lowest BCUT2D eigenvalue weighted by molar-refractivity contribution is 0.132. The van der Waals surface area contributed by atoms with Crippen molar-refractivity contribution < 1.29 is 0 Å². The molecule has 1 unspecified atom stereocenters. The lowest BCUT2D eigenvalue weighted by Gasteiger charge is -2.39. The molecule has 2 rings (SSSR count). The molecule has 21 heavy (non-hydrogen) atoms. The number of nitrogens with one attached hydrogen (secondary N) is 1. The van der Waals surface area contributed by atoms with Gasteiger partial charge in [0.1, 0.15) is 0 Å². The standard InChI is InChI=1S/C17H26Cl2N2/c1-17(2,3)12-6-4-11(5-7-12)16(21-20)14-10-13(18)8-9-15(14)19/h8-12,16,21H,4-7,20H2,1-3H3. The van der Waals surface area contributed by atoms with Crippen molar-refractivity contribution >= 4 is 23.2 Å². The van der Waals surface area contributed by atoms with Gasteiger partial charge in [0.25, 0.3) is 0 Å². The first-order chi connectivity index (χ1) is 9.82. The number of benzene rings is 1. The van der Waals surface area contributed by atoms with Crippen LogP contribution in [0.1, 0.15) is 58.1 Å². The number of halogens is 2. The van der Waals surface area contributed by atoms with Crippen LogP contribution in [0.5, 0.6) is 0 Å². The van der Waals surface area contributed by atoms with Gasteiger partial charge in [0.2, 0.25) is 0 Å². The number of hydrogen-bond donors (Lipinski definition) is 2. The van der Waals surface area contributed by atoms with Crippen LogP contribution in [0.3, 0.4) is 0 Å². The third-order valence-corrected chi connectivity index (χ3v) is 5.52. The van der Waals surface area contributed by atoms with Crippen LogP contribution < -0.4 is 11.3 Å². The highest BCUT2D eigenvalue weighted by atomic mass is 35.5. The van der Waals surface area contributed by atoms with E-state index in [0.29, 0.717) is 16.4 Å². The van der Waals surface area contributed by atoms with Crippen molar-refractivity contribution in [3.63, 3.8) is 0 Å². The zero-order chi connectivity index (χ0) is 15.6. The van der Waals surface area contributed by atoms with Gasteiger partial charge in [-0.15, -0.1) is 0 Å². The number of hydrazine groups is 1. The first kappa shape index (κ1) is 17.1. The fraction of sp³-hybridized carbons (Fsp3) is 0.647. The van der Waals surface area contributed by atoms with Crippen LogP contribution in [0, 0.1) is 17.3 Å². The molecule has 1 aromatic rings. The molecule has 0 spiro atoms. The summed E-state index contributed by atoms with van der Waals surface area (Å²) in [7, 11) is 0. The van der Waals surface area contributed by atoms with Crippen LogP contribution in [0.4, 0.5) is 0 Å². The van der Waals surface area contributed by atoms with E-state index in [1.54, 1.807) is 0 Å². The Morgan fingerprint density at radius 1 is 1.14 bits per heavy atom. The van der Waals surface area contributed by atoms with Crippen molar-refractivity contribution in [3.8, 4) is 0 Å². The highest BCUT2D eigenvalue weighted by Crippen LogP contribution is 2.44. The SMILES string of the molecule is CC(C)(C)C1CCC(C(NN)c2cc(Cl)ccc2Cl)CC1. The largest absolute Gasteiger partial charge is 0.271 e. The maximum Gasteiger partial charge on any atom is 0.0503 e. The molecule has 0 bridgehead atoms. The summed E-state index contributed by atoms with van der Waals surface area (Å²) in [5.74, 6) is 7.13. The fourth-order valence-corrected chi connectivity index (χ4v) is 3.97. The molecule has 0 aromatic heterocycles. The molecule has 0 radical (unpaired) electrons. The Hall–Kier alpha value is -0.280. The second-order valence-corrected chi connectivity index (χ2v) is 8.13. The van der Waals surface area contributed by atoms with Crippen LogP contribution >= 0.6 is 23.2 Å². The van der Waals surface area contributed by atoms with E-state index in [2.05, 4.69) is 26.2 Å². The predicted molar refractivity (Wildman–Crippen MR) is 91.4 cm³/mol. The minimum absolute atomic E-state index is 0.0807. The molecule has 2 nitrogen and oxygen atoms in total. The summed E-state index contributed by atoms with van der Waals surface area (Å²) < 4.78 is 0. The molecule has 0 heterocycles. The molecule has 1 saturated carbocycles. The van der Waals surface area contributed by atoms with E-state index in [9.17, 15) is 0 Å². The van der Waals surface area contributed by atoms with E-state index in [0.717, 1.165) is 16.5 Å². The molecular weight excluding hydrogens is 303 g/mol. The average molecular weight is 329 g/mol. The van der Waals surface area contributed by atoms with E-state index < -0.39 is 0 Å². The summed E-state index contributed by atoms with van der Waals surface area (Å²) in [6, 6.07) is 5.68. The van der Waals surface area contributed by atoms with Gasteiger partial charge in [-0.05, 0) is 66.7 Å². The zero-order valence-electron chi connectivity index (χ0n) is 13.1. The quantitative estimate of drug-likeness (QED) is 0.579. The highest BCUT2D eigenvalue weighted by molar-refractivity contribution is 6.33. The van der Waals surface area contributed by atoms with Gasteiger partial charge in [-0.25, -0.2) is 0 Å². The van der Waals surface area contributed by atoms with E-state index in [-0.39, 0.29) is 6.04 Å². The molecule has 1 fully saturated rings. The second kappa shape index (κ2) is 6.87. The van der Waals surface area contributed by atoms with Crippen molar-refractivity contribution in [2.75, 3.05) is 0 Å². The first-order valence-electron chi connectivity index (χ1n) is 7.74. The molecule has 1 aliphatic carbocycles. The Balaban J connectivity index is 2.11. The summed E-state index contributed by atoms with van der Waals surface area (Å²) >= 11 is 12.4. The van der Waals surface area contributed by atoms with E-state index >= 15 is 0 Å². The topological polar surface area (TPSA) is 38.0 Å². The summed E-state index contributed by atoms with van der Waals surface area (Å²) in [4.78, 5) is 0. The minimum Gasteiger partial charge on any atom is -0.271 e. The first-order valence-corrected chi connectivity index (χ1v) is 8.49. The van der Waals surface area contributed by atoms with E-state index in [1.165, 1.54) is 25.7 Å². The van der Waals surface area contributed by atoms with Crippen molar-refractivity contribution in [1.29, 1.82) is 0 Å². The van der Waals surface area contributed by atoms with Gasteiger partial charge in [-0.2, -0.15) is 0 Å². The van der Waals surface area contributed by atoms with Gasteiger partial charge < -0.3 is 0 Å². The molecule has 1 aliphatic rings. The Bertz CT molecular complexity index is 474. The molecule has 118 valence electrons. The van der Waals surface area contributed by atoms with Crippen molar-refractivity contribution in [3.05, 3.63) is 33.8 Å². The highest BCUT2D eigenvalue weighted by Gasteiger charge is 2.33. The summed E-state index contributed by atoms with van der Waals surface area (Å²) in [6.07, 6.45) is 4.87. The van der Waals surface area contributed by atoms with Gasteiger partial charge >= 0.3 is 0 Å². The zero-order valence-corrected chi connectivity index (χ0v) is 14.6. The summed E-state index contributed by atoms with van der Waals surface area (Å²) in [6.45, 7) is 7.01. The lowest BCUT2D eigenvalue weighted by atomic mass is 9.68. The average Bonchev–Trinajstić information content (AvgIpc) is 2.43. The molecule has 0 amide bonds. The van der Waals surface area contributed by atoms with Crippen LogP contribution in [0.15, 0.2) is 18.2 Å². The molecule has 4 heteroatoms. The smallest absolute Gasteiger partial charge is 0.0503 e. The van der Waals surface area contributed by atoms with Crippen LogP contribution in [0.25, 0.3) is 0 Å². The molecular formula is C17H26Cl2N2. The number of nitrogens with two attached hydrogens (primary N) is 1. The second-order valence-electron chi connectivity index (χ2n) is 7.29. The van der Waals surface area contributed by atoms with Gasteiger partial charge in [0, 0.05) is 10.0 Å². The monoisotopic (exact) mass is 328 g/mol. The van der Waals surface area contributed by atoms with Crippen molar-refractivity contribution in [1.82, 2.24) is 5.43 Å². The maximum absolute atomic E-state index is 6.34. The normalized spacial score (nSPS) is 24.9. The van der Waals surface area contributed by atoms with Crippen molar-refractivity contribution in [2.45, 2.75) is 52.5 Å². The maximum atomic E-state index is 6.34. The molecule has 3 N–H and O–H groups in total. The van der Waals surface area contributed by atoms with Gasteiger partial charge in [-0.3, -0.25) is 11.3 Å². The third kappa shape index (κ3) is 4.13. The van der Waals surface area contributed by atoms with Gasteiger partial charge in [0.05, 0.1) is 6.04 Å². The van der Waals surface area contributed by atoms with Gasteiger partial charge in [0.15, 0.2) is 0 Å². The third-order valence-electron chi connectivity index (χ3n) is 4.94. The lowest BCUT2D eigenvalue weighted by Crippen LogP contribution is -2.37. The molecule has 0 aliphatic heterocycles. The summed E-state index contributed by atoms with van der Waals surface area (Å²) in [5.41, 5.74) is 4.38. The van der Waals surface area contributed by atoms with Crippen LogP contribution in [-0.2, 0) is 0 Å². The number of hydrogen-bond acceptors (Lipinski definition) is 2. The Labute approximate surface area is 138 Å². The number of rotatable bonds is 3. The van der Waals surface area contributed by atoms with Crippen molar-refractivity contribution in [2.24, 2.45) is 23.1 Å². The fourth-order valence-electron chi connectivity index (χ4n) is 3.55. The Kier molecular flexibility index (Phi) is 5.59. The predicted octanol–water partition coefficient (Wildman–Crippen LogP) is 5.35. The minimum atomic E-state index is 0.0807. The Morgan fingerprint density at radius 2 is 1.76 bits per heavy atom.